The van der Waals surface area contributed by atoms with E-state index in [0.29, 0.717) is 60.2 Å². The van der Waals surface area contributed by atoms with Crippen LogP contribution in [0.3, 0.4) is 0 Å². The molecule has 0 unspecified atom stereocenters. The van der Waals surface area contributed by atoms with Crippen LogP contribution < -0.4 is 33.8 Å². The Bertz CT molecular complexity index is 1760. The zero-order valence-corrected chi connectivity index (χ0v) is 26.9. The van der Waals surface area contributed by atoms with E-state index in [1.807, 2.05) is 0 Å². The van der Waals surface area contributed by atoms with Gasteiger partial charge in [0.05, 0.1) is 60.9 Å². The van der Waals surface area contributed by atoms with Gasteiger partial charge in [0.25, 0.3) is 5.56 Å². The quantitative estimate of drug-likeness (QED) is 0.281. The molecule has 13 heteroatoms. The molecule has 228 valence electrons. The number of hydrogen-bond acceptors (Lipinski definition) is 11. The van der Waals surface area contributed by atoms with Crippen LogP contribution in [0.2, 0.25) is 0 Å². The summed E-state index contributed by atoms with van der Waals surface area (Å²) in [5.41, 5.74) is 1.48. The number of hydrogen-bond donors (Lipinski definition) is 0. The van der Waals surface area contributed by atoms with E-state index >= 15 is 0 Å². The summed E-state index contributed by atoms with van der Waals surface area (Å²) < 4.78 is 34.9. The fraction of sp³-hybridized carbons (Fsp3) is 0.333. The van der Waals surface area contributed by atoms with Gasteiger partial charge >= 0.3 is 11.9 Å². The number of fused-ring (bicyclic) bond motifs is 1. The van der Waals surface area contributed by atoms with E-state index in [-0.39, 0.29) is 24.3 Å². The summed E-state index contributed by atoms with van der Waals surface area (Å²) in [5, 5.41) is 0. The van der Waals surface area contributed by atoms with Gasteiger partial charge in [-0.15, -0.1) is 0 Å². The highest BCUT2D eigenvalue weighted by molar-refractivity contribution is 9.10. The Morgan fingerprint density at radius 2 is 1.74 bits per heavy atom. The van der Waals surface area contributed by atoms with E-state index < -0.39 is 18.0 Å². The number of ether oxygens (including phenoxy) is 6. The topological polar surface area (TPSA) is 124 Å². The lowest BCUT2D eigenvalue weighted by atomic mass is 9.95. The van der Waals surface area contributed by atoms with Crippen LogP contribution in [0.4, 0.5) is 0 Å². The molecule has 0 radical (unpaired) electrons. The smallest absolute Gasteiger partial charge is 0.343 e. The summed E-state index contributed by atoms with van der Waals surface area (Å²) in [5.74, 6) is 0.579. The molecule has 0 bridgehead atoms. The van der Waals surface area contributed by atoms with Crippen LogP contribution in [-0.2, 0) is 19.1 Å². The second kappa shape index (κ2) is 13.9. The highest BCUT2D eigenvalue weighted by Crippen LogP contribution is 2.37. The lowest BCUT2D eigenvalue weighted by molar-refractivity contribution is -0.143. The first kappa shape index (κ1) is 31.8. The monoisotopic (exact) mass is 674 g/mol. The van der Waals surface area contributed by atoms with E-state index in [2.05, 4.69) is 25.7 Å². The van der Waals surface area contributed by atoms with Crippen molar-refractivity contribution < 1.29 is 38.0 Å². The van der Waals surface area contributed by atoms with E-state index in [4.69, 9.17) is 23.7 Å². The predicted octanol–water partition coefficient (Wildman–Crippen LogP) is 3.53. The van der Waals surface area contributed by atoms with Gasteiger partial charge in [-0.1, -0.05) is 17.4 Å². The molecule has 0 fully saturated rings. The number of benzene rings is 2. The van der Waals surface area contributed by atoms with Crippen LogP contribution >= 0.6 is 27.3 Å². The van der Waals surface area contributed by atoms with Crippen LogP contribution in [0.25, 0.3) is 6.08 Å². The number of aromatic nitrogens is 1. The number of halogens is 1. The molecule has 1 aromatic heterocycles. The first-order valence-corrected chi connectivity index (χ1v) is 14.9. The van der Waals surface area contributed by atoms with E-state index in [0.717, 1.165) is 0 Å². The maximum Gasteiger partial charge on any atom is 0.343 e. The maximum absolute atomic E-state index is 14.1. The molecule has 0 aliphatic carbocycles. The summed E-state index contributed by atoms with van der Waals surface area (Å²) in [7, 11) is 4.35. The van der Waals surface area contributed by atoms with Gasteiger partial charge in [-0.2, -0.15) is 0 Å². The summed E-state index contributed by atoms with van der Waals surface area (Å²) in [4.78, 5) is 44.0. The van der Waals surface area contributed by atoms with Crippen LogP contribution in [-0.4, -0.2) is 57.7 Å². The molecule has 0 saturated carbocycles. The highest BCUT2D eigenvalue weighted by Gasteiger charge is 2.34. The largest absolute Gasteiger partial charge is 0.496 e. The molecule has 1 atom stereocenters. The third kappa shape index (κ3) is 6.62. The lowest BCUT2D eigenvalue weighted by Crippen LogP contribution is -2.40. The summed E-state index contributed by atoms with van der Waals surface area (Å²) in [6.45, 7) is 5.35. The second-order valence-corrected chi connectivity index (χ2v) is 10.9. The Labute approximate surface area is 260 Å². The van der Waals surface area contributed by atoms with Crippen LogP contribution in [0.5, 0.6) is 23.0 Å². The van der Waals surface area contributed by atoms with Crippen molar-refractivity contribution in [3.63, 3.8) is 0 Å². The Balaban J connectivity index is 1.93. The van der Waals surface area contributed by atoms with E-state index in [9.17, 15) is 14.4 Å². The second-order valence-electron chi connectivity index (χ2n) is 9.03. The first-order chi connectivity index (χ1) is 20.7. The molecular formula is C30H31BrN2O9S. The number of nitrogens with zero attached hydrogens (tertiary/aromatic N) is 2. The molecular weight excluding hydrogens is 644 g/mol. The van der Waals surface area contributed by atoms with Gasteiger partial charge in [0.2, 0.25) is 0 Å². The standard InChI is InChI=1S/C30H31BrN2O9S/c1-7-40-23-12-17(9-10-20(23)42-15-25(34)39-6)27-26(29(36)41-8-2)16(3)32-30-33(27)28(35)24(43-30)13-18-11-19(31)22(38-5)14-21(18)37-4/h9-14,27H,7-8,15H2,1-6H3/b24-13-/t27-/m1/s1. The number of allylic oxidation sites excluding steroid dienone is 1. The summed E-state index contributed by atoms with van der Waals surface area (Å²) in [6, 6.07) is 7.65. The van der Waals surface area contributed by atoms with Gasteiger partial charge < -0.3 is 28.4 Å². The van der Waals surface area contributed by atoms with Gasteiger partial charge in [-0.05, 0) is 66.5 Å². The zero-order chi connectivity index (χ0) is 31.3. The van der Waals surface area contributed by atoms with Gasteiger partial charge in [-0.3, -0.25) is 9.36 Å². The molecule has 0 saturated heterocycles. The minimum atomic E-state index is -0.879. The molecule has 3 aromatic rings. The maximum atomic E-state index is 14.1. The SMILES string of the molecule is CCOC(=O)C1=C(C)N=c2s/c(=C\c3cc(Br)c(OC)cc3OC)c(=O)n2[C@@H]1c1ccc(OCC(=O)OC)c(OCC)c1. The van der Waals surface area contributed by atoms with Crippen molar-refractivity contribution in [2.75, 3.05) is 41.2 Å². The van der Waals surface area contributed by atoms with E-state index in [1.54, 1.807) is 64.3 Å². The Hall–Kier alpha value is -4.10. The van der Waals surface area contributed by atoms with E-state index in [1.165, 1.54) is 30.1 Å². The van der Waals surface area contributed by atoms with Crippen molar-refractivity contribution in [3.8, 4) is 23.0 Å². The fourth-order valence-corrected chi connectivity index (χ4v) is 6.08. The molecule has 0 spiro atoms. The number of carbonyl (C=O) groups excluding carboxylic acids is 2. The number of methoxy groups -OCH3 is 3. The number of thiazole rings is 1. The summed E-state index contributed by atoms with van der Waals surface area (Å²) >= 11 is 4.67. The van der Waals surface area contributed by atoms with Gasteiger partial charge in [0.15, 0.2) is 22.9 Å². The Morgan fingerprint density at radius 3 is 2.40 bits per heavy atom. The molecule has 1 aliphatic heterocycles. The molecule has 1 aliphatic rings. The van der Waals surface area contributed by atoms with Crippen molar-refractivity contribution in [1.29, 1.82) is 0 Å². The minimum Gasteiger partial charge on any atom is -0.496 e. The van der Waals surface area contributed by atoms with Gasteiger partial charge in [-0.25, -0.2) is 14.6 Å². The van der Waals surface area contributed by atoms with Crippen molar-refractivity contribution in [2.45, 2.75) is 26.8 Å². The van der Waals surface area contributed by atoms with Gasteiger partial charge in [0.1, 0.15) is 11.5 Å². The molecule has 2 heterocycles. The number of carbonyl (C=O) groups is 2. The van der Waals surface area contributed by atoms with Crippen molar-refractivity contribution >= 4 is 45.3 Å². The predicted molar refractivity (Wildman–Crippen MR) is 163 cm³/mol. The number of esters is 2. The van der Waals surface area contributed by atoms with Crippen LogP contribution in [0.15, 0.2) is 55.9 Å². The van der Waals surface area contributed by atoms with Crippen molar-refractivity contribution in [2.24, 2.45) is 4.99 Å². The van der Waals surface area contributed by atoms with Crippen LogP contribution in [0.1, 0.15) is 37.9 Å². The molecule has 2 aromatic carbocycles. The van der Waals surface area contributed by atoms with Gasteiger partial charge in [0, 0.05) is 11.6 Å². The normalized spacial score (nSPS) is 14.5. The number of rotatable bonds is 11. The lowest BCUT2D eigenvalue weighted by Gasteiger charge is -2.25. The van der Waals surface area contributed by atoms with Crippen LogP contribution in [0, 0.1) is 0 Å². The zero-order valence-electron chi connectivity index (χ0n) is 24.5. The van der Waals surface area contributed by atoms with Crippen molar-refractivity contribution in [3.05, 3.63) is 76.9 Å². The molecule has 4 rings (SSSR count). The third-order valence-corrected chi connectivity index (χ3v) is 8.07. The molecule has 0 N–H and O–H groups in total. The first-order valence-electron chi connectivity index (χ1n) is 13.2. The highest BCUT2D eigenvalue weighted by atomic mass is 79.9. The average Bonchev–Trinajstić information content (AvgIpc) is 3.29. The average molecular weight is 676 g/mol. The Morgan fingerprint density at radius 1 is 1.00 bits per heavy atom. The third-order valence-electron chi connectivity index (χ3n) is 6.46. The fourth-order valence-electron chi connectivity index (χ4n) is 4.52. The molecule has 11 nitrogen and oxygen atoms in total. The van der Waals surface area contributed by atoms with Crippen molar-refractivity contribution in [1.82, 2.24) is 4.57 Å². The molecule has 43 heavy (non-hydrogen) atoms. The summed E-state index contributed by atoms with van der Waals surface area (Å²) in [6.07, 6.45) is 1.71. The minimum absolute atomic E-state index is 0.142. The Kier molecular flexibility index (Phi) is 10.3. The molecule has 0 amide bonds.